The minimum atomic E-state index is -0.524. The van der Waals surface area contributed by atoms with Crippen molar-refractivity contribution in [2.24, 2.45) is 5.10 Å². The zero-order chi connectivity index (χ0) is 20.6. The fourth-order valence-corrected chi connectivity index (χ4v) is 2.70. The smallest absolute Gasteiger partial charge is 0.343 e. The number of hydrogen-bond donors (Lipinski definition) is 1. The van der Waals surface area contributed by atoms with Crippen molar-refractivity contribution >= 4 is 34.0 Å². The van der Waals surface area contributed by atoms with Gasteiger partial charge in [-0.2, -0.15) is 5.10 Å². The van der Waals surface area contributed by atoms with Crippen LogP contribution in [0.25, 0.3) is 0 Å². The molecular formula is C21H16BrN3O4. The third-order valence-corrected chi connectivity index (χ3v) is 4.29. The Hall–Kier alpha value is -3.52. The number of halogens is 1. The molecule has 0 aliphatic rings. The summed E-state index contributed by atoms with van der Waals surface area (Å²) in [6, 6.07) is 14.9. The van der Waals surface area contributed by atoms with Gasteiger partial charge in [0, 0.05) is 22.4 Å². The lowest BCUT2D eigenvalue weighted by Crippen LogP contribution is -2.17. The van der Waals surface area contributed by atoms with Crippen LogP contribution < -0.4 is 14.9 Å². The standard InChI is InChI=1S/C21H16BrN3O4/c1-28-18-7-4-14(5-8-18)21(27)29-19-9-6-17(22)11-16(19)13-24-25-20(26)15-3-2-10-23-12-15/h2-13H,1H3,(H,25,26)/b24-13+. The molecule has 1 heterocycles. The summed E-state index contributed by atoms with van der Waals surface area (Å²) in [6.07, 6.45) is 4.41. The Morgan fingerprint density at radius 3 is 2.59 bits per heavy atom. The molecule has 0 spiro atoms. The fourth-order valence-electron chi connectivity index (χ4n) is 2.32. The molecule has 0 atom stereocenters. The van der Waals surface area contributed by atoms with Crippen LogP contribution >= 0.6 is 15.9 Å². The van der Waals surface area contributed by atoms with Crippen molar-refractivity contribution in [1.82, 2.24) is 10.4 Å². The van der Waals surface area contributed by atoms with Gasteiger partial charge >= 0.3 is 5.97 Å². The van der Waals surface area contributed by atoms with Gasteiger partial charge in [-0.05, 0) is 54.6 Å². The molecule has 0 radical (unpaired) electrons. The minimum absolute atomic E-state index is 0.299. The molecule has 2 aromatic carbocycles. The molecule has 0 saturated heterocycles. The zero-order valence-corrected chi connectivity index (χ0v) is 16.9. The van der Waals surface area contributed by atoms with Gasteiger partial charge in [-0.15, -0.1) is 0 Å². The Morgan fingerprint density at radius 1 is 1.10 bits per heavy atom. The van der Waals surface area contributed by atoms with Crippen LogP contribution in [0.4, 0.5) is 0 Å². The molecule has 8 heteroatoms. The monoisotopic (exact) mass is 453 g/mol. The molecule has 0 bridgehead atoms. The molecule has 0 aliphatic carbocycles. The third-order valence-electron chi connectivity index (χ3n) is 3.79. The molecule has 3 rings (SSSR count). The molecule has 7 nitrogen and oxygen atoms in total. The highest BCUT2D eigenvalue weighted by Gasteiger charge is 2.12. The summed E-state index contributed by atoms with van der Waals surface area (Å²) >= 11 is 3.37. The van der Waals surface area contributed by atoms with Gasteiger partial charge in [0.1, 0.15) is 11.5 Å². The van der Waals surface area contributed by atoms with Gasteiger partial charge in [-0.25, -0.2) is 10.2 Å². The van der Waals surface area contributed by atoms with E-state index in [1.807, 2.05) is 0 Å². The summed E-state index contributed by atoms with van der Waals surface area (Å²) in [5, 5.41) is 3.94. The quantitative estimate of drug-likeness (QED) is 0.265. The van der Waals surface area contributed by atoms with Crippen LogP contribution in [0.2, 0.25) is 0 Å². The SMILES string of the molecule is COc1ccc(C(=O)Oc2ccc(Br)cc2/C=N/NC(=O)c2cccnc2)cc1. The van der Waals surface area contributed by atoms with E-state index < -0.39 is 11.9 Å². The zero-order valence-electron chi connectivity index (χ0n) is 15.3. The first-order chi connectivity index (χ1) is 14.1. The molecule has 0 unspecified atom stereocenters. The van der Waals surface area contributed by atoms with Crippen LogP contribution in [-0.2, 0) is 0 Å². The third kappa shape index (κ3) is 5.49. The van der Waals surface area contributed by atoms with E-state index in [4.69, 9.17) is 9.47 Å². The Balaban J connectivity index is 1.73. The Bertz CT molecular complexity index is 1040. The molecular weight excluding hydrogens is 438 g/mol. The maximum atomic E-state index is 12.4. The summed E-state index contributed by atoms with van der Waals surface area (Å²) in [7, 11) is 1.55. The Labute approximate surface area is 175 Å². The van der Waals surface area contributed by atoms with Crippen molar-refractivity contribution < 1.29 is 19.1 Å². The van der Waals surface area contributed by atoms with Crippen molar-refractivity contribution in [2.75, 3.05) is 7.11 Å². The predicted octanol–water partition coefficient (Wildman–Crippen LogP) is 3.84. The normalized spacial score (nSPS) is 10.6. The van der Waals surface area contributed by atoms with Crippen molar-refractivity contribution in [2.45, 2.75) is 0 Å². The lowest BCUT2D eigenvalue weighted by atomic mass is 10.2. The first-order valence-electron chi connectivity index (χ1n) is 8.46. The second-order valence-corrected chi connectivity index (χ2v) is 6.66. The topological polar surface area (TPSA) is 89.9 Å². The maximum absolute atomic E-state index is 12.4. The van der Waals surface area contributed by atoms with Crippen LogP contribution in [-0.4, -0.2) is 30.2 Å². The maximum Gasteiger partial charge on any atom is 0.343 e. The van der Waals surface area contributed by atoms with Crippen LogP contribution in [0.1, 0.15) is 26.3 Å². The van der Waals surface area contributed by atoms with Crippen molar-refractivity contribution in [3.05, 3.63) is 88.2 Å². The highest BCUT2D eigenvalue weighted by molar-refractivity contribution is 9.10. The van der Waals surface area contributed by atoms with Gasteiger partial charge < -0.3 is 9.47 Å². The number of carbonyl (C=O) groups is 2. The number of benzene rings is 2. The van der Waals surface area contributed by atoms with Crippen LogP contribution in [0.5, 0.6) is 11.5 Å². The number of esters is 1. The Morgan fingerprint density at radius 2 is 1.90 bits per heavy atom. The van der Waals surface area contributed by atoms with Gasteiger partial charge in [0.2, 0.25) is 0 Å². The van der Waals surface area contributed by atoms with Crippen LogP contribution in [0.3, 0.4) is 0 Å². The fraction of sp³-hybridized carbons (Fsp3) is 0.0476. The van der Waals surface area contributed by atoms with Crippen molar-refractivity contribution in [3.8, 4) is 11.5 Å². The number of nitrogens with zero attached hydrogens (tertiary/aromatic N) is 2. The highest BCUT2D eigenvalue weighted by atomic mass is 79.9. The molecule has 0 fully saturated rings. The van der Waals surface area contributed by atoms with Gasteiger partial charge in [-0.3, -0.25) is 9.78 Å². The highest BCUT2D eigenvalue weighted by Crippen LogP contribution is 2.23. The molecule has 1 N–H and O–H groups in total. The Kier molecular flexibility index (Phi) is 6.70. The molecule has 1 aromatic heterocycles. The largest absolute Gasteiger partial charge is 0.497 e. The lowest BCUT2D eigenvalue weighted by molar-refractivity contribution is 0.0734. The van der Waals surface area contributed by atoms with E-state index >= 15 is 0 Å². The molecule has 0 aliphatic heterocycles. The van der Waals surface area contributed by atoms with Crippen LogP contribution in [0.15, 0.2) is 76.6 Å². The summed E-state index contributed by atoms with van der Waals surface area (Å²) in [6.45, 7) is 0. The number of methoxy groups -OCH3 is 1. The molecule has 146 valence electrons. The van der Waals surface area contributed by atoms with E-state index in [1.165, 1.54) is 12.4 Å². The van der Waals surface area contributed by atoms with Crippen molar-refractivity contribution in [3.63, 3.8) is 0 Å². The average Bonchev–Trinajstić information content (AvgIpc) is 2.76. The van der Waals surface area contributed by atoms with Gasteiger partial charge in [0.15, 0.2) is 0 Å². The second kappa shape index (κ2) is 9.61. The molecule has 3 aromatic rings. The van der Waals surface area contributed by atoms with E-state index in [9.17, 15) is 9.59 Å². The van der Waals surface area contributed by atoms with Gasteiger partial charge in [-0.1, -0.05) is 15.9 Å². The number of carbonyl (C=O) groups excluding carboxylic acids is 2. The van der Waals surface area contributed by atoms with E-state index in [0.29, 0.717) is 28.2 Å². The number of pyridine rings is 1. The number of nitrogens with one attached hydrogen (secondary N) is 1. The number of amides is 1. The van der Waals surface area contributed by atoms with E-state index in [-0.39, 0.29) is 0 Å². The number of hydrazone groups is 1. The summed E-state index contributed by atoms with van der Waals surface area (Å²) in [4.78, 5) is 28.3. The molecule has 1 amide bonds. The molecule has 0 saturated carbocycles. The average molecular weight is 454 g/mol. The number of aromatic nitrogens is 1. The lowest BCUT2D eigenvalue weighted by Gasteiger charge is -2.08. The summed E-state index contributed by atoms with van der Waals surface area (Å²) in [5.41, 5.74) is 3.68. The van der Waals surface area contributed by atoms with Gasteiger partial charge in [0.05, 0.1) is 24.5 Å². The van der Waals surface area contributed by atoms with E-state index in [0.717, 1.165) is 4.47 Å². The number of rotatable bonds is 6. The summed E-state index contributed by atoms with van der Waals surface area (Å²) in [5.74, 6) is 0.0147. The summed E-state index contributed by atoms with van der Waals surface area (Å²) < 4.78 is 11.3. The predicted molar refractivity (Wildman–Crippen MR) is 111 cm³/mol. The van der Waals surface area contributed by atoms with Crippen LogP contribution in [0, 0.1) is 0 Å². The number of ether oxygens (including phenoxy) is 2. The van der Waals surface area contributed by atoms with E-state index in [1.54, 1.807) is 67.9 Å². The molecule has 29 heavy (non-hydrogen) atoms. The second-order valence-electron chi connectivity index (χ2n) is 5.74. The first kappa shape index (κ1) is 20.2. The van der Waals surface area contributed by atoms with Crippen molar-refractivity contribution in [1.29, 1.82) is 0 Å². The number of hydrogen-bond acceptors (Lipinski definition) is 6. The van der Waals surface area contributed by atoms with Gasteiger partial charge in [0.25, 0.3) is 5.91 Å². The van der Waals surface area contributed by atoms with E-state index in [2.05, 4.69) is 31.4 Å². The minimum Gasteiger partial charge on any atom is -0.497 e. The first-order valence-corrected chi connectivity index (χ1v) is 9.25.